The number of rotatable bonds is 5. The molecular formula is C19H36N2. The zero-order valence-electron chi connectivity index (χ0n) is 14.5. The maximum Gasteiger partial charge on any atom is 0.0128 e. The first-order chi connectivity index (χ1) is 10.2. The topological polar surface area (TPSA) is 15.3 Å². The van der Waals surface area contributed by atoms with Gasteiger partial charge >= 0.3 is 0 Å². The summed E-state index contributed by atoms with van der Waals surface area (Å²) in [4.78, 5) is 2.95. The monoisotopic (exact) mass is 292 g/mol. The molecule has 0 amide bonds. The van der Waals surface area contributed by atoms with E-state index in [0.717, 1.165) is 36.0 Å². The molecule has 0 aromatic rings. The van der Waals surface area contributed by atoms with Crippen LogP contribution in [-0.2, 0) is 0 Å². The van der Waals surface area contributed by atoms with Crippen molar-refractivity contribution in [2.24, 2.45) is 11.8 Å². The van der Waals surface area contributed by atoms with Gasteiger partial charge in [-0.1, -0.05) is 20.8 Å². The molecule has 2 atom stereocenters. The Bertz CT molecular complexity index is 308. The van der Waals surface area contributed by atoms with Gasteiger partial charge in [0.1, 0.15) is 0 Å². The zero-order valence-corrected chi connectivity index (χ0v) is 14.5. The first kappa shape index (κ1) is 15.8. The summed E-state index contributed by atoms with van der Waals surface area (Å²) in [5, 5.41) is 3.82. The molecule has 2 saturated heterocycles. The first-order valence-corrected chi connectivity index (χ1v) is 9.69. The average Bonchev–Trinajstić information content (AvgIpc) is 2.83. The smallest absolute Gasteiger partial charge is 0.0128 e. The number of fused-ring (bicyclic) bond motifs is 2. The Morgan fingerprint density at radius 3 is 2.05 bits per heavy atom. The molecule has 2 unspecified atom stereocenters. The van der Waals surface area contributed by atoms with E-state index in [0.29, 0.717) is 0 Å². The minimum Gasteiger partial charge on any atom is -0.311 e. The van der Waals surface area contributed by atoms with Crippen LogP contribution in [0.15, 0.2) is 0 Å². The molecule has 2 heteroatoms. The fourth-order valence-corrected chi connectivity index (χ4v) is 5.32. The van der Waals surface area contributed by atoms with E-state index in [-0.39, 0.29) is 0 Å². The predicted octanol–water partition coefficient (Wildman–Crippen LogP) is 4.20. The van der Waals surface area contributed by atoms with E-state index in [2.05, 4.69) is 31.0 Å². The Morgan fingerprint density at radius 1 is 0.905 bits per heavy atom. The predicted molar refractivity (Wildman–Crippen MR) is 90.5 cm³/mol. The molecule has 3 rings (SSSR count). The van der Waals surface area contributed by atoms with Crippen LogP contribution in [0.1, 0.15) is 78.6 Å². The van der Waals surface area contributed by atoms with Crippen molar-refractivity contribution in [3.8, 4) is 0 Å². The first-order valence-electron chi connectivity index (χ1n) is 9.69. The highest BCUT2D eigenvalue weighted by Gasteiger charge is 2.38. The molecule has 0 radical (unpaired) electrons. The van der Waals surface area contributed by atoms with Gasteiger partial charge in [0.2, 0.25) is 0 Å². The molecule has 21 heavy (non-hydrogen) atoms. The lowest BCUT2D eigenvalue weighted by Gasteiger charge is -2.45. The lowest BCUT2D eigenvalue weighted by atomic mass is 9.78. The fraction of sp³-hybridized carbons (Fsp3) is 1.00. The van der Waals surface area contributed by atoms with Crippen molar-refractivity contribution in [2.45, 2.75) is 103 Å². The Balaban J connectivity index is 1.59. The summed E-state index contributed by atoms with van der Waals surface area (Å²) in [7, 11) is 0. The van der Waals surface area contributed by atoms with Crippen molar-refractivity contribution in [1.82, 2.24) is 10.2 Å². The number of hydrogen-bond acceptors (Lipinski definition) is 2. The van der Waals surface area contributed by atoms with Crippen LogP contribution in [0.5, 0.6) is 0 Å². The van der Waals surface area contributed by atoms with Crippen LogP contribution in [0.2, 0.25) is 0 Å². The molecule has 122 valence electrons. The lowest BCUT2D eigenvalue weighted by molar-refractivity contribution is 0.0581. The summed E-state index contributed by atoms with van der Waals surface area (Å²) in [5.74, 6) is 1.88. The molecule has 1 aliphatic carbocycles. The highest BCUT2D eigenvalue weighted by Crippen LogP contribution is 2.36. The summed E-state index contributed by atoms with van der Waals surface area (Å²) in [6.07, 6.45) is 12.9. The summed E-state index contributed by atoms with van der Waals surface area (Å²) >= 11 is 0. The Labute approximate surface area is 132 Å². The van der Waals surface area contributed by atoms with Crippen LogP contribution in [0.4, 0.5) is 0 Å². The zero-order chi connectivity index (χ0) is 14.8. The highest BCUT2D eigenvalue weighted by atomic mass is 15.2. The lowest BCUT2D eigenvalue weighted by Crippen LogP contribution is -2.52. The average molecular weight is 293 g/mol. The van der Waals surface area contributed by atoms with E-state index in [4.69, 9.17) is 0 Å². The fourth-order valence-electron chi connectivity index (χ4n) is 5.32. The molecule has 2 nitrogen and oxygen atoms in total. The minimum absolute atomic E-state index is 0.833. The maximum atomic E-state index is 3.82. The van der Waals surface area contributed by atoms with Crippen LogP contribution in [0.3, 0.4) is 0 Å². The summed E-state index contributed by atoms with van der Waals surface area (Å²) < 4.78 is 0. The third-order valence-electron chi connectivity index (χ3n) is 6.55. The van der Waals surface area contributed by atoms with Crippen LogP contribution in [0.25, 0.3) is 0 Å². The molecule has 1 saturated carbocycles. The molecule has 0 aromatic carbocycles. The Morgan fingerprint density at radius 2 is 1.52 bits per heavy atom. The van der Waals surface area contributed by atoms with E-state index in [1.165, 1.54) is 64.3 Å². The molecule has 0 aromatic heterocycles. The largest absolute Gasteiger partial charge is 0.311 e. The van der Waals surface area contributed by atoms with Crippen molar-refractivity contribution in [3.05, 3.63) is 0 Å². The Hall–Kier alpha value is -0.0800. The molecular weight excluding hydrogens is 256 g/mol. The van der Waals surface area contributed by atoms with Crippen molar-refractivity contribution in [2.75, 3.05) is 6.54 Å². The number of hydrogen-bond donors (Lipinski definition) is 1. The highest BCUT2D eigenvalue weighted by molar-refractivity contribution is 4.97. The van der Waals surface area contributed by atoms with Gasteiger partial charge in [-0.3, -0.25) is 4.90 Å². The second-order valence-electron chi connectivity index (χ2n) is 8.31. The van der Waals surface area contributed by atoms with Gasteiger partial charge in [0.15, 0.2) is 0 Å². The van der Waals surface area contributed by atoms with Crippen molar-refractivity contribution in [3.63, 3.8) is 0 Å². The van der Waals surface area contributed by atoms with Crippen LogP contribution < -0.4 is 5.32 Å². The van der Waals surface area contributed by atoms with E-state index >= 15 is 0 Å². The van der Waals surface area contributed by atoms with E-state index in [9.17, 15) is 0 Å². The summed E-state index contributed by atoms with van der Waals surface area (Å²) in [6.45, 7) is 8.53. The van der Waals surface area contributed by atoms with Crippen molar-refractivity contribution >= 4 is 0 Å². The van der Waals surface area contributed by atoms with Crippen LogP contribution >= 0.6 is 0 Å². The Kier molecular flexibility index (Phi) is 5.27. The molecule has 1 N–H and O–H groups in total. The van der Waals surface area contributed by atoms with E-state index < -0.39 is 0 Å². The molecule has 2 bridgehead atoms. The third-order valence-corrected chi connectivity index (χ3v) is 6.55. The number of piperidine rings is 1. The number of nitrogens with one attached hydrogen (secondary N) is 1. The molecule has 2 heterocycles. The summed E-state index contributed by atoms with van der Waals surface area (Å²) in [5.41, 5.74) is 0. The quantitative estimate of drug-likeness (QED) is 0.817. The van der Waals surface area contributed by atoms with Crippen molar-refractivity contribution in [1.29, 1.82) is 0 Å². The standard InChI is InChI=1S/C19H36N2/c1-4-11-21(18-9-5-15(6-10-18)14(2)3)19-12-16-7-8-17(13-19)20-16/h14-20H,4-13H2,1-3H3. The SMILES string of the molecule is CCCN(C1CCC(C(C)C)CC1)C1CC2CCC(C1)N2. The van der Waals surface area contributed by atoms with Gasteiger partial charge in [-0.2, -0.15) is 0 Å². The maximum absolute atomic E-state index is 3.82. The molecule has 0 spiro atoms. The van der Waals surface area contributed by atoms with Crippen molar-refractivity contribution < 1.29 is 0 Å². The van der Waals surface area contributed by atoms with Crippen LogP contribution in [-0.4, -0.2) is 35.6 Å². The van der Waals surface area contributed by atoms with Gasteiger partial charge in [0.25, 0.3) is 0 Å². The normalized spacial score (nSPS) is 40.1. The third kappa shape index (κ3) is 3.64. The van der Waals surface area contributed by atoms with Gasteiger partial charge in [0, 0.05) is 24.2 Å². The summed E-state index contributed by atoms with van der Waals surface area (Å²) in [6, 6.07) is 3.44. The number of nitrogens with zero attached hydrogens (tertiary/aromatic N) is 1. The molecule has 3 aliphatic rings. The van der Waals surface area contributed by atoms with Gasteiger partial charge < -0.3 is 5.32 Å². The molecule has 3 fully saturated rings. The van der Waals surface area contributed by atoms with E-state index in [1.807, 2.05) is 0 Å². The van der Waals surface area contributed by atoms with Gasteiger partial charge in [0.05, 0.1) is 0 Å². The van der Waals surface area contributed by atoms with Crippen LogP contribution in [0, 0.1) is 11.8 Å². The van der Waals surface area contributed by atoms with Gasteiger partial charge in [-0.25, -0.2) is 0 Å². The van der Waals surface area contributed by atoms with E-state index in [1.54, 1.807) is 0 Å². The van der Waals surface area contributed by atoms with Gasteiger partial charge in [-0.15, -0.1) is 0 Å². The minimum atomic E-state index is 0.833. The second-order valence-corrected chi connectivity index (χ2v) is 8.31. The van der Waals surface area contributed by atoms with Gasteiger partial charge in [-0.05, 0) is 76.2 Å². The second kappa shape index (κ2) is 7.00. The molecule has 2 aliphatic heterocycles.